The first-order chi connectivity index (χ1) is 14.3. The lowest BCUT2D eigenvalue weighted by atomic mass is 10.1. The number of rotatable bonds is 11. The number of sulfonamides is 1. The fourth-order valence-corrected chi connectivity index (χ4v) is 4.93. The van der Waals surface area contributed by atoms with Crippen LogP contribution in [0, 0.1) is 6.92 Å². The van der Waals surface area contributed by atoms with Crippen molar-refractivity contribution < 1.29 is 17.9 Å². The number of methoxy groups -OCH3 is 1. The second kappa shape index (κ2) is 11.1. The number of nitrogens with zero attached hydrogens (tertiary/aromatic N) is 1. The quantitative estimate of drug-likeness (QED) is 0.589. The molecule has 0 spiro atoms. The minimum absolute atomic E-state index is 0.00492. The Hall–Kier alpha value is -2.38. The van der Waals surface area contributed by atoms with Gasteiger partial charge in [-0.25, -0.2) is 8.42 Å². The van der Waals surface area contributed by atoms with Gasteiger partial charge in [0.15, 0.2) is 0 Å². The topological polar surface area (TPSA) is 75.7 Å². The Morgan fingerprint density at radius 2 is 1.87 bits per heavy atom. The zero-order valence-electron chi connectivity index (χ0n) is 18.2. The Morgan fingerprint density at radius 1 is 1.17 bits per heavy atom. The van der Waals surface area contributed by atoms with E-state index >= 15 is 0 Å². The number of nitrogens with one attached hydrogen (secondary N) is 1. The third-order valence-electron chi connectivity index (χ3n) is 4.88. The predicted octanol–water partition coefficient (Wildman–Crippen LogP) is 3.54. The van der Waals surface area contributed by atoms with Crippen LogP contribution in [-0.4, -0.2) is 44.9 Å². The minimum Gasteiger partial charge on any atom is -0.495 e. The predicted molar refractivity (Wildman–Crippen MR) is 119 cm³/mol. The maximum Gasteiger partial charge on any atom is 0.247 e. The van der Waals surface area contributed by atoms with Gasteiger partial charge in [0.05, 0.1) is 13.7 Å². The summed E-state index contributed by atoms with van der Waals surface area (Å²) in [6, 6.07) is 14.7. The van der Waals surface area contributed by atoms with Crippen molar-refractivity contribution >= 4 is 15.9 Å². The van der Waals surface area contributed by atoms with Crippen LogP contribution in [0.5, 0.6) is 5.75 Å². The largest absolute Gasteiger partial charge is 0.495 e. The molecule has 0 unspecified atom stereocenters. The van der Waals surface area contributed by atoms with Crippen LogP contribution in [0.25, 0.3) is 0 Å². The van der Waals surface area contributed by atoms with E-state index in [9.17, 15) is 13.2 Å². The Morgan fingerprint density at radius 3 is 2.50 bits per heavy atom. The smallest absolute Gasteiger partial charge is 0.247 e. The summed E-state index contributed by atoms with van der Waals surface area (Å²) in [4.78, 5) is 12.7. The van der Waals surface area contributed by atoms with Crippen molar-refractivity contribution in [3.63, 3.8) is 0 Å². The Kier molecular flexibility index (Phi) is 8.87. The number of aryl methyl sites for hydroxylation is 1. The third kappa shape index (κ3) is 6.57. The normalized spacial score (nSPS) is 12.6. The summed E-state index contributed by atoms with van der Waals surface area (Å²) in [5, 5.41) is 2.90. The molecule has 1 amide bonds. The fourth-order valence-electron chi connectivity index (χ4n) is 3.29. The average molecular weight is 433 g/mol. The van der Waals surface area contributed by atoms with Crippen molar-refractivity contribution in [2.24, 2.45) is 0 Å². The van der Waals surface area contributed by atoms with Crippen molar-refractivity contribution in [3.05, 3.63) is 59.7 Å². The molecular formula is C23H32N2O4S. The van der Waals surface area contributed by atoms with Gasteiger partial charge in [-0.3, -0.25) is 4.79 Å². The highest BCUT2D eigenvalue weighted by atomic mass is 32.2. The number of ether oxygens (including phenoxy) is 1. The van der Waals surface area contributed by atoms with E-state index in [1.807, 2.05) is 51.1 Å². The van der Waals surface area contributed by atoms with Gasteiger partial charge in [0, 0.05) is 12.6 Å². The molecule has 2 rings (SSSR count). The molecular weight excluding hydrogens is 400 g/mol. The highest BCUT2D eigenvalue weighted by Gasteiger charge is 2.29. The number of hydrogen-bond acceptors (Lipinski definition) is 4. The molecule has 0 radical (unpaired) electrons. The van der Waals surface area contributed by atoms with E-state index in [2.05, 4.69) is 5.32 Å². The van der Waals surface area contributed by atoms with E-state index in [4.69, 9.17) is 4.74 Å². The van der Waals surface area contributed by atoms with Gasteiger partial charge in [0.25, 0.3) is 0 Å². The van der Waals surface area contributed by atoms with Crippen molar-refractivity contribution in [1.29, 1.82) is 0 Å². The first kappa shape index (κ1) is 23.9. The third-order valence-corrected chi connectivity index (χ3v) is 6.75. The summed E-state index contributed by atoms with van der Waals surface area (Å²) >= 11 is 0. The zero-order chi connectivity index (χ0) is 22.1. The van der Waals surface area contributed by atoms with E-state index in [-0.39, 0.29) is 35.7 Å². The molecule has 0 aliphatic rings. The zero-order valence-corrected chi connectivity index (χ0v) is 19.0. The molecule has 7 heteroatoms. The summed E-state index contributed by atoms with van der Waals surface area (Å²) in [7, 11) is -2.49. The highest BCUT2D eigenvalue weighted by Crippen LogP contribution is 2.28. The van der Waals surface area contributed by atoms with Crippen LogP contribution in [0.15, 0.2) is 53.4 Å². The molecule has 2 aromatic carbocycles. The van der Waals surface area contributed by atoms with Gasteiger partial charge in [0.2, 0.25) is 15.9 Å². The number of hydrogen-bond donors (Lipinski definition) is 1. The molecule has 0 saturated carbocycles. The summed E-state index contributed by atoms with van der Waals surface area (Å²) in [5.74, 6) is -0.0377. The molecule has 1 N–H and O–H groups in total. The Balaban J connectivity index is 2.31. The van der Waals surface area contributed by atoms with Gasteiger partial charge in [0.1, 0.15) is 10.6 Å². The number of benzene rings is 2. The Bertz CT molecular complexity index is 929. The number of carbonyl (C=O) groups is 1. The first-order valence-corrected chi connectivity index (χ1v) is 11.7. The van der Waals surface area contributed by atoms with Crippen LogP contribution in [0.3, 0.4) is 0 Å². The van der Waals surface area contributed by atoms with Gasteiger partial charge in [-0.1, -0.05) is 49.7 Å². The maximum atomic E-state index is 13.5. The molecule has 164 valence electrons. The lowest BCUT2D eigenvalue weighted by Crippen LogP contribution is -2.44. The van der Waals surface area contributed by atoms with Crippen molar-refractivity contribution in [3.8, 4) is 5.75 Å². The number of carbonyl (C=O) groups excluding carboxylic acids is 1. The molecule has 1 atom stereocenters. The van der Waals surface area contributed by atoms with Gasteiger partial charge < -0.3 is 10.1 Å². The summed E-state index contributed by atoms with van der Waals surface area (Å²) < 4.78 is 33.5. The van der Waals surface area contributed by atoms with Crippen LogP contribution < -0.4 is 10.1 Å². The molecule has 0 aliphatic carbocycles. The van der Waals surface area contributed by atoms with E-state index in [1.165, 1.54) is 11.4 Å². The lowest BCUT2D eigenvalue weighted by molar-refractivity contribution is -0.121. The van der Waals surface area contributed by atoms with Crippen molar-refractivity contribution in [2.75, 3.05) is 20.2 Å². The van der Waals surface area contributed by atoms with E-state index in [0.717, 1.165) is 24.0 Å². The molecule has 2 aromatic rings. The highest BCUT2D eigenvalue weighted by molar-refractivity contribution is 7.89. The standard InChI is InChI=1S/C23H32N2O4S/c1-5-9-19(3)24-23(26)17-25(15-14-20-10-7-6-8-11-20)30(27,28)22-16-18(2)12-13-21(22)29-4/h6-8,10-13,16,19H,5,9,14-15,17H2,1-4H3,(H,24,26)/t19-/m0/s1. The molecule has 0 saturated heterocycles. The number of amides is 1. The Labute approximate surface area is 180 Å². The SMILES string of the molecule is CCC[C@H](C)NC(=O)CN(CCc1ccccc1)S(=O)(=O)c1cc(C)ccc1OC. The summed E-state index contributed by atoms with van der Waals surface area (Å²) in [5.41, 5.74) is 1.81. The van der Waals surface area contributed by atoms with Crippen LogP contribution in [0.2, 0.25) is 0 Å². The molecule has 0 bridgehead atoms. The lowest BCUT2D eigenvalue weighted by Gasteiger charge is -2.24. The minimum atomic E-state index is -3.93. The van der Waals surface area contributed by atoms with E-state index in [0.29, 0.717) is 6.42 Å². The molecule has 0 aliphatic heterocycles. The van der Waals surface area contributed by atoms with Gasteiger partial charge in [-0.15, -0.1) is 0 Å². The van der Waals surface area contributed by atoms with E-state index in [1.54, 1.807) is 18.2 Å². The van der Waals surface area contributed by atoms with Crippen molar-refractivity contribution in [1.82, 2.24) is 9.62 Å². The molecule has 0 aromatic heterocycles. The van der Waals surface area contributed by atoms with Crippen molar-refractivity contribution in [2.45, 2.75) is 51.0 Å². The van der Waals surface area contributed by atoms with Gasteiger partial charge in [-0.05, 0) is 49.9 Å². The maximum absolute atomic E-state index is 13.5. The average Bonchev–Trinajstić information content (AvgIpc) is 2.71. The van der Waals surface area contributed by atoms with Crippen LogP contribution >= 0.6 is 0 Å². The van der Waals surface area contributed by atoms with E-state index < -0.39 is 10.0 Å². The van der Waals surface area contributed by atoms with Crippen LogP contribution in [0.4, 0.5) is 0 Å². The summed E-state index contributed by atoms with van der Waals surface area (Å²) in [6.07, 6.45) is 2.29. The van der Waals surface area contributed by atoms with Crippen LogP contribution in [0.1, 0.15) is 37.8 Å². The second-order valence-corrected chi connectivity index (χ2v) is 9.39. The fraction of sp³-hybridized carbons (Fsp3) is 0.435. The first-order valence-electron chi connectivity index (χ1n) is 10.3. The molecule has 6 nitrogen and oxygen atoms in total. The molecule has 0 heterocycles. The molecule has 0 fully saturated rings. The second-order valence-electron chi connectivity index (χ2n) is 7.49. The van der Waals surface area contributed by atoms with Gasteiger partial charge in [-0.2, -0.15) is 4.31 Å². The monoisotopic (exact) mass is 432 g/mol. The molecule has 30 heavy (non-hydrogen) atoms. The van der Waals surface area contributed by atoms with Crippen LogP contribution in [-0.2, 0) is 21.2 Å². The summed E-state index contributed by atoms with van der Waals surface area (Å²) in [6.45, 7) is 5.75. The van der Waals surface area contributed by atoms with Gasteiger partial charge >= 0.3 is 0 Å².